The third-order valence-electron chi connectivity index (χ3n) is 2.25. The molecule has 1 aromatic heterocycles. The van der Waals surface area contributed by atoms with Gasteiger partial charge in [0.2, 0.25) is 0 Å². The van der Waals surface area contributed by atoms with Crippen LogP contribution in [0.1, 0.15) is 19.8 Å². The zero-order valence-electron chi connectivity index (χ0n) is 10.4. The predicted molar refractivity (Wildman–Crippen MR) is 67.9 cm³/mol. The van der Waals surface area contributed by atoms with E-state index in [0.29, 0.717) is 19.6 Å². The molecule has 0 fully saturated rings. The fourth-order valence-electron chi connectivity index (χ4n) is 1.40. The largest absolute Gasteiger partial charge is 0.484 e. The Bertz CT molecular complexity index is 490. The van der Waals surface area contributed by atoms with E-state index in [0.717, 1.165) is 5.57 Å². The first-order chi connectivity index (χ1) is 8.50. The van der Waals surface area contributed by atoms with Gasteiger partial charge >= 0.3 is 5.97 Å². The maximum absolute atomic E-state index is 11.9. The number of rotatable bonds is 7. The maximum Gasteiger partial charge on any atom is 0.303 e. The van der Waals surface area contributed by atoms with Crippen molar-refractivity contribution in [3.05, 3.63) is 40.8 Å². The van der Waals surface area contributed by atoms with Crippen LogP contribution >= 0.6 is 0 Å². The number of aliphatic carboxylic acids is 1. The van der Waals surface area contributed by atoms with E-state index in [1.165, 1.54) is 4.57 Å². The highest BCUT2D eigenvalue weighted by Gasteiger charge is 2.05. The Hall–Kier alpha value is -2.04. The fraction of sp³-hybridized carbons (Fsp3) is 0.385. The van der Waals surface area contributed by atoms with Crippen molar-refractivity contribution >= 4 is 5.97 Å². The normalized spacial score (nSPS) is 10.1. The molecule has 1 rings (SSSR count). The summed E-state index contributed by atoms with van der Waals surface area (Å²) in [4.78, 5) is 22.3. The number of hydrogen-bond acceptors (Lipinski definition) is 3. The lowest BCUT2D eigenvalue weighted by Gasteiger charge is -2.08. The van der Waals surface area contributed by atoms with E-state index >= 15 is 0 Å². The summed E-state index contributed by atoms with van der Waals surface area (Å²) in [7, 11) is 0. The van der Waals surface area contributed by atoms with Gasteiger partial charge in [0.25, 0.3) is 5.56 Å². The van der Waals surface area contributed by atoms with Crippen LogP contribution in [0.3, 0.4) is 0 Å². The van der Waals surface area contributed by atoms with Crippen molar-refractivity contribution in [2.75, 3.05) is 6.61 Å². The van der Waals surface area contributed by atoms with E-state index in [-0.39, 0.29) is 17.7 Å². The van der Waals surface area contributed by atoms with Gasteiger partial charge in [-0.3, -0.25) is 9.59 Å². The molecule has 1 heterocycles. The molecule has 0 unspecified atom stereocenters. The fourth-order valence-corrected chi connectivity index (χ4v) is 1.40. The Balaban J connectivity index is 2.69. The molecule has 5 heteroatoms. The van der Waals surface area contributed by atoms with Gasteiger partial charge in [-0.1, -0.05) is 6.58 Å². The van der Waals surface area contributed by atoms with Crippen molar-refractivity contribution < 1.29 is 14.6 Å². The van der Waals surface area contributed by atoms with Crippen LogP contribution in [0.25, 0.3) is 0 Å². The van der Waals surface area contributed by atoms with E-state index in [4.69, 9.17) is 9.84 Å². The Morgan fingerprint density at radius 2 is 2.28 bits per heavy atom. The first-order valence-electron chi connectivity index (χ1n) is 5.69. The van der Waals surface area contributed by atoms with E-state index in [1.54, 1.807) is 18.3 Å². The molecule has 0 amide bonds. The SMILES string of the molecule is C=C(C)COc1cccn(CCCC(=O)O)c1=O. The van der Waals surface area contributed by atoms with E-state index in [2.05, 4.69) is 6.58 Å². The van der Waals surface area contributed by atoms with E-state index in [1.807, 2.05) is 6.92 Å². The Kier molecular flexibility index (Phi) is 5.17. The average Bonchev–Trinajstić information content (AvgIpc) is 2.29. The number of hydrogen-bond donors (Lipinski definition) is 1. The summed E-state index contributed by atoms with van der Waals surface area (Å²) in [5.74, 6) is -0.603. The van der Waals surface area contributed by atoms with Crippen LogP contribution in [-0.4, -0.2) is 22.2 Å². The molecule has 0 aromatic carbocycles. The number of carbonyl (C=O) groups is 1. The molecular formula is C13H17NO4. The Morgan fingerprint density at radius 3 is 2.89 bits per heavy atom. The average molecular weight is 251 g/mol. The molecule has 0 aliphatic heterocycles. The highest BCUT2D eigenvalue weighted by molar-refractivity contribution is 5.66. The minimum atomic E-state index is -0.863. The van der Waals surface area contributed by atoms with Gasteiger partial charge in [0.05, 0.1) is 0 Å². The number of nitrogens with zero attached hydrogens (tertiary/aromatic N) is 1. The molecule has 0 atom stereocenters. The van der Waals surface area contributed by atoms with Gasteiger partial charge in [-0.05, 0) is 31.1 Å². The van der Waals surface area contributed by atoms with Crippen LogP contribution in [0, 0.1) is 0 Å². The van der Waals surface area contributed by atoms with Gasteiger partial charge in [-0.2, -0.15) is 0 Å². The van der Waals surface area contributed by atoms with Gasteiger partial charge in [0.1, 0.15) is 6.61 Å². The molecule has 0 aliphatic carbocycles. The minimum absolute atomic E-state index is 0.0449. The van der Waals surface area contributed by atoms with Crippen LogP contribution < -0.4 is 10.3 Å². The van der Waals surface area contributed by atoms with Crippen molar-refractivity contribution in [1.29, 1.82) is 0 Å². The maximum atomic E-state index is 11.9. The van der Waals surface area contributed by atoms with E-state index < -0.39 is 5.97 Å². The molecule has 1 N–H and O–H groups in total. The third-order valence-corrected chi connectivity index (χ3v) is 2.25. The minimum Gasteiger partial charge on any atom is -0.484 e. The summed E-state index contributed by atoms with van der Waals surface area (Å²) in [6.45, 7) is 6.18. The molecule has 18 heavy (non-hydrogen) atoms. The van der Waals surface area contributed by atoms with Gasteiger partial charge in [-0.25, -0.2) is 0 Å². The molecule has 98 valence electrons. The summed E-state index contributed by atoms with van der Waals surface area (Å²) in [6, 6.07) is 3.30. The number of aromatic nitrogens is 1. The third kappa shape index (κ3) is 4.45. The summed E-state index contributed by atoms with van der Waals surface area (Å²) >= 11 is 0. The van der Waals surface area contributed by atoms with Gasteiger partial charge in [0, 0.05) is 19.2 Å². The molecule has 0 saturated heterocycles. The number of carboxylic acid groups (broad SMARTS) is 1. The second kappa shape index (κ2) is 6.64. The number of carboxylic acids is 1. The van der Waals surface area contributed by atoms with Crippen LogP contribution in [0.4, 0.5) is 0 Å². The van der Waals surface area contributed by atoms with Gasteiger partial charge in [-0.15, -0.1) is 0 Å². The first kappa shape index (κ1) is 14.0. The van der Waals surface area contributed by atoms with Crippen molar-refractivity contribution in [3.63, 3.8) is 0 Å². The van der Waals surface area contributed by atoms with Crippen LogP contribution in [0.5, 0.6) is 5.75 Å². The number of pyridine rings is 1. The highest BCUT2D eigenvalue weighted by atomic mass is 16.5. The molecular weight excluding hydrogens is 234 g/mol. The molecule has 0 spiro atoms. The van der Waals surface area contributed by atoms with Gasteiger partial charge in [0.15, 0.2) is 5.75 Å². The molecule has 1 aromatic rings. The second-order valence-corrected chi connectivity index (χ2v) is 4.11. The second-order valence-electron chi connectivity index (χ2n) is 4.11. The molecule has 0 aliphatic rings. The first-order valence-corrected chi connectivity index (χ1v) is 5.69. The van der Waals surface area contributed by atoms with E-state index in [9.17, 15) is 9.59 Å². The Labute approximate surface area is 105 Å². The van der Waals surface area contributed by atoms with Crippen LogP contribution in [0.2, 0.25) is 0 Å². The number of ether oxygens (including phenoxy) is 1. The molecule has 0 bridgehead atoms. The zero-order valence-corrected chi connectivity index (χ0v) is 10.4. The van der Waals surface area contributed by atoms with Gasteiger partial charge < -0.3 is 14.4 Å². The standard InChI is InChI=1S/C13H17NO4/c1-10(2)9-18-11-5-3-7-14(13(11)17)8-4-6-12(15)16/h3,5,7H,1,4,6,8-9H2,2H3,(H,15,16). The highest BCUT2D eigenvalue weighted by Crippen LogP contribution is 2.04. The zero-order chi connectivity index (χ0) is 13.5. The Morgan fingerprint density at radius 1 is 1.56 bits per heavy atom. The van der Waals surface area contributed by atoms with Crippen molar-refractivity contribution in [2.45, 2.75) is 26.3 Å². The number of aryl methyl sites for hydroxylation is 1. The van der Waals surface area contributed by atoms with Crippen LogP contribution in [-0.2, 0) is 11.3 Å². The van der Waals surface area contributed by atoms with Crippen LogP contribution in [0.15, 0.2) is 35.3 Å². The molecule has 0 radical (unpaired) electrons. The summed E-state index contributed by atoms with van der Waals surface area (Å²) in [5, 5.41) is 8.54. The summed E-state index contributed by atoms with van der Waals surface area (Å²) < 4.78 is 6.77. The quantitative estimate of drug-likeness (QED) is 0.748. The summed E-state index contributed by atoms with van der Waals surface area (Å²) in [5.41, 5.74) is 0.583. The topological polar surface area (TPSA) is 68.5 Å². The predicted octanol–water partition coefficient (Wildman–Crippen LogP) is 1.67. The van der Waals surface area contributed by atoms with Crippen molar-refractivity contribution in [2.24, 2.45) is 0 Å². The summed E-state index contributed by atoms with van der Waals surface area (Å²) in [6.07, 6.45) is 2.08. The monoisotopic (exact) mass is 251 g/mol. The molecule has 5 nitrogen and oxygen atoms in total. The van der Waals surface area contributed by atoms with Crippen molar-refractivity contribution in [1.82, 2.24) is 4.57 Å². The lowest BCUT2D eigenvalue weighted by atomic mass is 10.3. The van der Waals surface area contributed by atoms with Crippen molar-refractivity contribution in [3.8, 4) is 5.75 Å². The smallest absolute Gasteiger partial charge is 0.303 e. The molecule has 0 saturated carbocycles. The lowest BCUT2D eigenvalue weighted by molar-refractivity contribution is -0.137. The lowest BCUT2D eigenvalue weighted by Crippen LogP contribution is -2.22.